The maximum absolute atomic E-state index is 13.5. The van der Waals surface area contributed by atoms with Crippen LogP contribution in [0.2, 0.25) is 0 Å². The second-order valence-electron chi connectivity index (χ2n) is 7.39. The van der Waals surface area contributed by atoms with Crippen molar-refractivity contribution in [2.75, 3.05) is 25.7 Å². The Balaban J connectivity index is 1.70. The van der Waals surface area contributed by atoms with Crippen molar-refractivity contribution in [3.05, 3.63) is 66.2 Å². The molecule has 0 saturated heterocycles. The second-order valence-corrected chi connectivity index (χ2v) is 8.37. The molecule has 0 fully saturated rings. The van der Waals surface area contributed by atoms with Crippen molar-refractivity contribution in [1.82, 2.24) is 14.5 Å². The number of carbonyl (C=O) groups is 2. The first-order chi connectivity index (χ1) is 16.0. The number of thiazole rings is 1. The summed E-state index contributed by atoms with van der Waals surface area (Å²) in [6.07, 6.45) is 6.07. The third-order valence-electron chi connectivity index (χ3n) is 5.27. The predicted octanol–water partition coefficient (Wildman–Crippen LogP) is 4.45. The van der Waals surface area contributed by atoms with E-state index in [0.29, 0.717) is 52.8 Å². The van der Waals surface area contributed by atoms with E-state index in [9.17, 15) is 9.59 Å². The van der Waals surface area contributed by atoms with Crippen molar-refractivity contribution >= 4 is 38.4 Å². The molecule has 4 rings (SSSR count). The van der Waals surface area contributed by atoms with Gasteiger partial charge in [-0.2, -0.15) is 0 Å². The van der Waals surface area contributed by atoms with Crippen molar-refractivity contribution < 1.29 is 19.1 Å². The van der Waals surface area contributed by atoms with E-state index in [0.717, 1.165) is 4.70 Å². The van der Waals surface area contributed by atoms with Crippen LogP contribution in [0.25, 0.3) is 10.2 Å². The Hall–Kier alpha value is -3.72. The van der Waals surface area contributed by atoms with E-state index in [2.05, 4.69) is 4.98 Å². The number of aromatic nitrogens is 3. The Morgan fingerprint density at radius 2 is 1.73 bits per heavy atom. The quantitative estimate of drug-likeness (QED) is 0.340. The highest BCUT2D eigenvalue weighted by Crippen LogP contribution is 2.40. The maximum atomic E-state index is 13.5. The van der Waals surface area contributed by atoms with Crippen molar-refractivity contribution in [1.29, 1.82) is 0 Å². The molecule has 2 heterocycles. The summed E-state index contributed by atoms with van der Waals surface area (Å²) < 4.78 is 13.8. The number of aryl methyl sites for hydroxylation is 1. The van der Waals surface area contributed by atoms with Crippen LogP contribution >= 0.6 is 11.3 Å². The Morgan fingerprint density at radius 3 is 2.36 bits per heavy atom. The van der Waals surface area contributed by atoms with Gasteiger partial charge in [-0.1, -0.05) is 23.5 Å². The van der Waals surface area contributed by atoms with Gasteiger partial charge in [-0.05, 0) is 37.6 Å². The third-order valence-corrected chi connectivity index (χ3v) is 6.36. The summed E-state index contributed by atoms with van der Waals surface area (Å²) in [5, 5.41) is 0.555. The summed E-state index contributed by atoms with van der Waals surface area (Å²) in [5.74, 6) is 1.06. The van der Waals surface area contributed by atoms with E-state index < -0.39 is 0 Å². The number of ether oxygens (including phenoxy) is 2. The molecule has 0 N–H and O–H groups in total. The summed E-state index contributed by atoms with van der Waals surface area (Å²) >= 11 is 1.38. The van der Waals surface area contributed by atoms with Gasteiger partial charge in [0, 0.05) is 36.6 Å². The van der Waals surface area contributed by atoms with E-state index in [-0.39, 0.29) is 11.7 Å². The first-order valence-electron chi connectivity index (χ1n) is 10.4. The number of ketones is 1. The SMILES string of the molecule is COc1ccc(OC)c2sc(N(CCCn3ccnc3)C(=O)c3ccc(C(C)=O)cc3)nc12. The van der Waals surface area contributed by atoms with Gasteiger partial charge in [0.15, 0.2) is 10.9 Å². The van der Waals surface area contributed by atoms with Gasteiger partial charge in [-0.25, -0.2) is 9.97 Å². The average molecular weight is 465 g/mol. The maximum Gasteiger partial charge on any atom is 0.260 e. The molecule has 2 aromatic carbocycles. The number of Topliss-reactive ketones (excluding diaryl/α,β-unsaturated/α-hetero) is 1. The molecule has 0 aliphatic carbocycles. The van der Waals surface area contributed by atoms with E-state index in [1.54, 1.807) is 62.0 Å². The predicted molar refractivity (Wildman–Crippen MR) is 128 cm³/mol. The number of carbonyl (C=O) groups excluding carboxylic acids is 2. The number of amides is 1. The number of hydrogen-bond donors (Lipinski definition) is 0. The molecule has 0 atom stereocenters. The Bertz CT molecular complexity index is 1220. The van der Waals surface area contributed by atoms with Crippen LogP contribution in [-0.4, -0.2) is 47.0 Å². The third kappa shape index (κ3) is 4.73. The molecule has 0 unspecified atom stereocenters. The van der Waals surface area contributed by atoms with Gasteiger partial charge in [0.05, 0.1) is 20.5 Å². The zero-order valence-electron chi connectivity index (χ0n) is 18.6. The summed E-state index contributed by atoms with van der Waals surface area (Å²) in [6, 6.07) is 10.3. The minimum Gasteiger partial charge on any atom is -0.495 e. The molecular formula is C24H24N4O4S. The summed E-state index contributed by atoms with van der Waals surface area (Å²) in [6.45, 7) is 2.67. The Morgan fingerprint density at radius 1 is 1.03 bits per heavy atom. The Labute approximate surface area is 195 Å². The molecule has 170 valence electrons. The molecule has 0 spiro atoms. The van der Waals surface area contributed by atoms with Gasteiger partial charge in [0.1, 0.15) is 21.7 Å². The smallest absolute Gasteiger partial charge is 0.260 e. The standard InChI is InChI=1S/C24H24N4O4S/c1-16(29)17-5-7-18(8-6-17)23(30)28(13-4-12-27-14-11-25-15-27)24-26-21-19(31-2)9-10-20(32-3)22(21)33-24/h5-11,14-15H,4,12-13H2,1-3H3. The van der Waals surface area contributed by atoms with Crippen LogP contribution < -0.4 is 14.4 Å². The van der Waals surface area contributed by atoms with Gasteiger partial charge in [0.2, 0.25) is 0 Å². The summed E-state index contributed by atoms with van der Waals surface area (Å²) in [4.78, 5) is 35.6. The monoisotopic (exact) mass is 464 g/mol. The molecule has 33 heavy (non-hydrogen) atoms. The molecule has 4 aromatic rings. The normalized spacial score (nSPS) is 10.9. The van der Waals surface area contributed by atoms with E-state index in [1.165, 1.54) is 18.3 Å². The van der Waals surface area contributed by atoms with Gasteiger partial charge in [-0.15, -0.1) is 0 Å². The van der Waals surface area contributed by atoms with Gasteiger partial charge < -0.3 is 14.0 Å². The molecule has 9 heteroatoms. The van der Waals surface area contributed by atoms with Gasteiger partial charge in [0.25, 0.3) is 5.91 Å². The lowest BCUT2D eigenvalue weighted by molar-refractivity contribution is 0.0982. The molecule has 0 aliphatic heterocycles. The van der Waals surface area contributed by atoms with E-state index in [1.807, 2.05) is 16.8 Å². The first-order valence-corrected chi connectivity index (χ1v) is 11.2. The van der Waals surface area contributed by atoms with Crippen LogP contribution in [0.15, 0.2) is 55.1 Å². The van der Waals surface area contributed by atoms with Crippen molar-refractivity contribution in [3.8, 4) is 11.5 Å². The molecule has 8 nitrogen and oxygen atoms in total. The lowest BCUT2D eigenvalue weighted by atomic mass is 10.1. The lowest BCUT2D eigenvalue weighted by Gasteiger charge is -2.20. The number of imidazole rings is 1. The minimum atomic E-state index is -0.187. The number of benzene rings is 2. The second kappa shape index (κ2) is 9.83. The van der Waals surface area contributed by atoms with E-state index >= 15 is 0 Å². The molecule has 2 aromatic heterocycles. The number of methoxy groups -OCH3 is 2. The molecular weight excluding hydrogens is 440 g/mol. The fourth-order valence-corrected chi connectivity index (χ4v) is 4.61. The van der Waals surface area contributed by atoms with E-state index in [4.69, 9.17) is 14.5 Å². The van der Waals surface area contributed by atoms with Gasteiger partial charge in [-0.3, -0.25) is 14.5 Å². The van der Waals surface area contributed by atoms with Crippen LogP contribution in [0.5, 0.6) is 11.5 Å². The van der Waals surface area contributed by atoms with Crippen molar-refractivity contribution in [3.63, 3.8) is 0 Å². The van der Waals surface area contributed by atoms with Crippen molar-refractivity contribution in [2.24, 2.45) is 0 Å². The highest BCUT2D eigenvalue weighted by Gasteiger charge is 2.23. The molecule has 0 aliphatic rings. The van der Waals surface area contributed by atoms with Crippen LogP contribution in [0.1, 0.15) is 34.1 Å². The zero-order chi connectivity index (χ0) is 23.4. The molecule has 0 radical (unpaired) electrons. The number of hydrogen-bond acceptors (Lipinski definition) is 7. The summed E-state index contributed by atoms with van der Waals surface area (Å²) in [5.41, 5.74) is 1.70. The van der Waals surface area contributed by atoms with Crippen LogP contribution in [-0.2, 0) is 6.54 Å². The molecule has 0 bridgehead atoms. The van der Waals surface area contributed by atoms with Gasteiger partial charge >= 0.3 is 0 Å². The first kappa shape index (κ1) is 22.5. The summed E-state index contributed by atoms with van der Waals surface area (Å²) in [7, 11) is 3.19. The Kier molecular flexibility index (Phi) is 6.69. The lowest BCUT2D eigenvalue weighted by Crippen LogP contribution is -2.32. The topological polar surface area (TPSA) is 86.5 Å². The fourth-order valence-electron chi connectivity index (χ4n) is 3.51. The van der Waals surface area contributed by atoms with Crippen molar-refractivity contribution in [2.45, 2.75) is 19.9 Å². The number of rotatable bonds is 9. The highest BCUT2D eigenvalue weighted by atomic mass is 32.1. The largest absolute Gasteiger partial charge is 0.495 e. The number of nitrogens with zero attached hydrogens (tertiary/aromatic N) is 4. The fraction of sp³-hybridized carbons (Fsp3) is 0.250. The molecule has 0 saturated carbocycles. The highest BCUT2D eigenvalue weighted by molar-refractivity contribution is 7.22. The number of fused-ring (bicyclic) bond motifs is 1. The zero-order valence-corrected chi connectivity index (χ0v) is 19.5. The van der Waals surface area contributed by atoms with Crippen LogP contribution in [0.4, 0.5) is 5.13 Å². The van der Waals surface area contributed by atoms with Crippen LogP contribution in [0.3, 0.4) is 0 Å². The van der Waals surface area contributed by atoms with Crippen LogP contribution in [0, 0.1) is 0 Å². The number of anilines is 1. The average Bonchev–Trinajstić information content (AvgIpc) is 3.51. The minimum absolute atomic E-state index is 0.0449. The molecule has 1 amide bonds.